The van der Waals surface area contributed by atoms with Gasteiger partial charge in [-0.15, -0.1) is 0 Å². The highest BCUT2D eigenvalue weighted by molar-refractivity contribution is 6.34. The van der Waals surface area contributed by atoms with Crippen molar-refractivity contribution in [2.75, 3.05) is 17.7 Å². The fourth-order valence-corrected chi connectivity index (χ4v) is 6.69. The SMILES string of the molecule is COc1cc(NC(=O)C23CC4CC(CC(C4)C2)C3)c(Cl)cc1NC(=O)c1ccc(Cl)cc1. The molecular formula is C25H26Cl2N2O3. The van der Waals surface area contributed by atoms with Crippen LogP contribution in [0.5, 0.6) is 5.75 Å². The highest BCUT2D eigenvalue weighted by Crippen LogP contribution is 2.60. The minimum Gasteiger partial charge on any atom is -0.494 e. The molecule has 0 heterocycles. The minimum atomic E-state index is -0.304. The van der Waals surface area contributed by atoms with Crippen molar-refractivity contribution in [3.05, 3.63) is 52.0 Å². The Labute approximate surface area is 197 Å². The van der Waals surface area contributed by atoms with Crippen LogP contribution >= 0.6 is 23.2 Å². The van der Waals surface area contributed by atoms with E-state index in [1.807, 2.05) is 0 Å². The minimum absolute atomic E-state index is 0.0681. The molecule has 6 rings (SSSR count). The van der Waals surface area contributed by atoms with Crippen molar-refractivity contribution in [1.29, 1.82) is 0 Å². The van der Waals surface area contributed by atoms with E-state index in [1.54, 1.807) is 36.4 Å². The van der Waals surface area contributed by atoms with Gasteiger partial charge in [0.15, 0.2) is 0 Å². The lowest BCUT2D eigenvalue weighted by atomic mass is 9.49. The maximum atomic E-state index is 13.4. The number of anilines is 2. The number of benzene rings is 2. The predicted molar refractivity (Wildman–Crippen MR) is 127 cm³/mol. The quantitative estimate of drug-likeness (QED) is 0.528. The number of carbonyl (C=O) groups excluding carboxylic acids is 2. The van der Waals surface area contributed by atoms with Crippen LogP contribution in [0.4, 0.5) is 11.4 Å². The predicted octanol–water partition coefficient (Wildman–Crippen LogP) is 6.41. The molecule has 4 saturated carbocycles. The molecule has 5 nitrogen and oxygen atoms in total. The van der Waals surface area contributed by atoms with E-state index in [2.05, 4.69) is 10.6 Å². The van der Waals surface area contributed by atoms with Gasteiger partial charge in [-0.25, -0.2) is 0 Å². The summed E-state index contributed by atoms with van der Waals surface area (Å²) in [5.74, 6) is 2.24. The van der Waals surface area contributed by atoms with E-state index in [9.17, 15) is 9.59 Å². The van der Waals surface area contributed by atoms with Crippen molar-refractivity contribution in [2.24, 2.45) is 23.2 Å². The molecular weight excluding hydrogens is 447 g/mol. The Morgan fingerprint density at radius 1 is 0.906 bits per heavy atom. The summed E-state index contributed by atoms with van der Waals surface area (Å²) in [6.07, 6.45) is 6.79. The molecule has 0 aromatic heterocycles. The van der Waals surface area contributed by atoms with Gasteiger partial charge in [0.2, 0.25) is 5.91 Å². The number of methoxy groups -OCH3 is 1. The third-order valence-electron chi connectivity index (χ3n) is 7.41. The Morgan fingerprint density at radius 3 is 2.06 bits per heavy atom. The molecule has 0 saturated heterocycles. The fraction of sp³-hybridized carbons (Fsp3) is 0.440. The van der Waals surface area contributed by atoms with E-state index in [0.717, 1.165) is 19.3 Å². The monoisotopic (exact) mass is 472 g/mol. The first kappa shape index (κ1) is 21.6. The number of carbonyl (C=O) groups is 2. The van der Waals surface area contributed by atoms with Crippen LogP contribution in [0.15, 0.2) is 36.4 Å². The van der Waals surface area contributed by atoms with Crippen molar-refractivity contribution < 1.29 is 14.3 Å². The zero-order chi connectivity index (χ0) is 22.5. The summed E-state index contributed by atoms with van der Waals surface area (Å²) >= 11 is 12.4. The van der Waals surface area contributed by atoms with Gasteiger partial charge in [-0.2, -0.15) is 0 Å². The highest BCUT2D eigenvalue weighted by atomic mass is 35.5. The molecule has 4 fully saturated rings. The van der Waals surface area contributed by atoms with Gasteiger partial charge < -0.3 is 15.4 Å². The van der Waals surface area contributed by atoms with E-state index in [1.165, 1.54) is 26.4 Å². The Morgan fingerprint density at radius 2 is 1.50 bits per heavy atom. The molecule has 2 amide bonds. The highest BCUT2D eigenvalue weighted by Gasteiger charge is 2.54. The number of nitrogens with one attached hydrogen (secondary N) is 2. The Hall–Kier alpha value is -2.24. The maximum absolute atomic E-state index is 13.4. The van der Waals surface area contributed by atoms with Crippen molar-refractivity contribution in [2.45, 2.75) is 38.5 Å². The van der Waals surface area contributed by atoms with Gasteiger partial charge in [0.1, 0.15) is 5.75 Å². The van der Waals surface area contributed by atoms with Crippen LogP contribution in [0.3, 0.4) is 0 Å². The van der Waals surface area contributed by atoms with Crippen LogP contribution in [-0.4, -0.2) is 18.9 Å². The second-order valence-corrected chi connectivity index (χ2v) is 10.5. The summed E-state index contributed by atoms with van der Waals surface area (Å²) in [6, 6.07) is 9.90. The van der Waals surface area contributed by atoms with Crippen molar-refractivity contribution in [1.82, 2.24) is 0 Å². The van der Waals surface area contributed by atoms with E-state index in [4.69, 9.17) is 27.9 Å². The number of rotatable bonds is 5. The van der Waals surface area contributed by atoms with Gasteiger partial charge in [0, 0.05) is 16.7 Å². The largest absolute Gasteiger partial charge is 0.494 e. The molecule has 4 aliphatic rings. The van der Waals surface area contributed by atoms with Gasteiger partial charge in [-0.3, -0.25) is 9.59 Å². The first-order valence-corrected chi connectivity index (χ1v) is 11.9. The normalized spacial score (nSPS) is 27.8. The van der Waals surface area contributed by atoms with E-state index in [-0.39, 0.29) is 17.2 Å². The van der Waals surface area contributed by atoms with Crippen LogP contribution in [0.2, 0.25) is 10.0 Å². The summed E-state index contributed by atoms with van der Waals surface area (Å²) in [5, 5.41) is 6.82. The Kier molecular flexibility index (Phi) is 5.58. The third kappa shape index (κ3) is 3.97. The molecule has 2 aromatic carbocycles. The Balaban J connectivity index is 1.35. The van der Waals surface area contributed by atoms with Crippen LogP contribution in [-0.2, 0) is 4.79 Å². The number of hydrogen-bond donors (Lipinski definition) is 2. The molecule has 4 aliphatic carbocycles. The average Bonchev–Trinajstić information content (AvgIpc) is 2.75. The summed E-state index contributed by atoms with van der Waals surface area (Å²) < 4.78 is 5.48. The van der Waals surface area contributed by atoms with Crippen molar-refractivity contribution in [3.8, 4) is 5.75 Å². The summed E-state index contributed by atoms with van der Waals surface area (Å²) in [4.78, 5) is 26.0. The van der Waals surface area contributed by atoms with Crippen LogP contribution < -0.4 is 15.4 Å². The van der Waals surface area contributed by atoms with Crippen LogP contribution in [0.1, 0.15) is 48.9 Å². The lowest BCUT2D eigenvalue weighted by Gasteiger charge is -2.55. The molecule has 2 N–H and O–H groups in total. The Bertz CT molecular complexity index is 1030. The molecule has 168 valence electrons. The van der Waals surface area contributed by atoms with Crippen LogP contribution in [0.25, 0.3) is 0 Å². The van der Waals surface area contributed by atoms with Crippen LogP contribution in [0, 0.1) is 23.2 Å². The standard InChI is InChI=1S/C25H26Cl2N2O3/c1-32-22-10-20(19(27)9-21(22)28-23(30)17-2-4-18(26)5-3-17)29-24(31)25-11-14-6-15(12-25)8-16(7-14)13-25/h2-5,9-10,14-16H,6-8,11-13H2,1H3,(H,28,30)(H,29,31). The molecule has 0 atom stereocenters. The van der Waals surface area contributed by atoms with Crippen molar-refractivity contribution in [3.63, 3.8) is 0 Å². The zero-order valence-corrected chi connectivity index (χ0v) is 19.4. The summed E-state index contributed by atoms with van der Waals surface area (Å²) in [7, 11) is 1.52. The molecule has 0 unspecified atom stereocenters. The second-order valence-electron chi connectivity index (χ2n) is 9.65. The molecule has 32 heavy (non-hydrogen) atoms. The second kappa shape index (κ2) is 8.27. The van der Waals surface area contributed by atoms with Gasteiger partial charge >= 0.3 is 0 Å². The lowest BCUT2D eigenvalue weighted by Crippen LogP contribution is -2.51. The zero-order valence-electron chi connectivity index (χ0n) is 17.9. The molecule has 4 bridgehead atoms. The first-order valence-electron chi connectivity index (χ1n) is 11.1. The van der Waals surface area contributed by atoms with Gasteiger partial charge in [-0.1, -0.05) is 23.2 Å². The molecule has 0 aliphatic heterocycles. The van der Waals surface area contributed by atoms with Crippen molar-refractivity contribution >= 4 is 46.4 Å². The molecule has 0 spiro atoms. The molecule has 2 aromatic rings. The van der Waals surface area contributed by atoms with Gasteiger partial charge in [0.05, 0.1) is 28.9 Å². The number of halogens is 2. The first-order chi connectivity index (χ1) is 15.3. The van der Waals surface area contributed by atoms with E-state index < -0.39 is 0 Å². The van der Waals surface area contributed by atoms with Gasteiger partial charge in [0.25, 0.3) is 5.91 Å². The van der Waals surface area contributed by atoms with E-state index in [0.29, 0.717) is 50.5 Å². The summed E-state index contributed by atoms with van der Waals surface area (Å²) in [6.45, 7) is 0. The molecule has 7 heteroatoms. The number of amides is 2. The van der Waals surface area contributed by atoms with Gasteiger partial charge in [-0.05, 0) is 86.6 Å². The smallest absolute Gasteiger partial charge is 0.255 e. The lowest BCUT2D eigenvalue weighted by molar-refractivity contribution is -0.140. The summed E-state index contributed by atoms with van der Waals surface area (Å²) in [5.41, 5.74) is 1.14. The number of ether oxygens (including phenoxy) is 1. The fourth-order valence-electron chi connectivity index (χ4n) is 6.36. The maximum Gasteiger partial charge on any atom is 0.255 e. The topological polar surface area (TPSA) is 67.4 Å². The number of hydrogen-bond acceptors (Lipinski definition) is 3. The van der Waals surface area contributed by atoms with E-state index >= 15 is 0 Å². The third-order valence-corrected chi connectivity index (χ3v) is 7.98. The average molecular weight is 473 g/mol. The molecule has 0 radical (unpaired) electrons.